The standard InChI is InChI=1S/C10H5F3N4O/c11-10(12,13)6-1-2-7-8(5-6)16-9(3-4-14-16)15-17(7)18/h1-5H. The van der Waals surface area contributed by atoms with Crippen LogP contribution in [-0.4, -0.2) is 14.7 Å². The molecule has 1 aromatic carbocycles. The molecule has 0 bridgehead atoms. The molecule has 2 aromatic heterocycles. The van der Waals surface area contributed by atoms with E-state index in [1.165, 1.54) is 16.8 Å². The van der Waals surface area contributed by atoms with Gasteiger partial charge in [-0.25, -0.2) is 4.52 Å². The van der Waals surface area contributed by atoms with Crippen molar-refractivity contribution in [1.82, 2.24) is 14.7 Å². The van der Waals surface area contributed by atoms with Gasteiger partial charge in [-0.1, -0.05) is 0 Å². The van der Waals surface area contributed by atoms with Crippen LogP contribution in [0.25, 0.3) is 16.7 Å². The molecule has 5 nitrogen and oxygen atoms in total. The van der Waals surface area contributed by atoms with E-state index in [0.717, 1.165) is 18.2 Å². The van der Waals surface area contributed by atoms with Crippen molar-refractivity contribution in [3.05, 3.63) is 41.2 Å². The first-order valence-electron chi connectivity index (χ1n) is 4.91. The summed E-state index contributed by atoms with van der Waals surface area (Å²) in [5.74, 6) is 0. The van der Waals surface area contributed by atoms with Gasteiger partial charge in [0.05, 0.1) is 11.8 Å². The van der Waals surface area contributed by atoms with E-state index in [1.807, 2.05) is 0 Å². The molecule has 0 aliphatic carbocycles. The van der Waals surface area contributed by atoms with Crippen molar-refractivity contribution in [2.24, 2.45) is 0 Å². The summed E-state index contributed by atoms with van der Waals surface area (Å²) in [6.07, 6.45) is -3.10. The maximum atomic E-state index is 12.6. The van der Waals surface area contributed by atoms with Crippen molar-refractivity contribution in [1.29, 1.82) is 0 Å². The maximum Gasteiger partial charge on any atom is 0.416 e. The molecular weight excluding hydrogens is 249 g/mol. The van der Waals surface area contributed by atoms with E-state index < -0.39 is 11.7 Å². The third-order valence-corrected chi connectivity index (χ3v) is 2.55. The quantitative estimate of drug-likeness (QED) is 0.451. The van der Waals surface area contributed by atoms with E-state index in [4.69, 9.17) is 0 Å². The van der Waals surface area contributed by atoms with Gasteiger partial charge in [-0.2, -0.15) is 18.3 Å². The molecule has 0 unspecified atom stereocenters. The van der Waals surface area contributed by atoms with Crippen LogP contribution in [0.1, 0.15) is 5.56 Å². The van der Waals surface area contributed by atoms with Gasteiger partial charge in [-0.05, 0) is 17.0 Å². The fourth-order valence-corrected chi connectivity index (χ4v) is 1.74. The first-order valence-corrected chi connectivity index (χ1v) is 4.91. The zero-order valence-electron chi connectivity index (χ0n) is 8.72. The lowest BCUT2D eigenvalue weighted by Gasteiger charge is -2.07. The topological polar surface area (TPSA) is 57.1 Å². The fraction of sp³-hybridized carbons (Fsp3) is 0.100. The Balaban J connectivity index is 2.44. The molecule has 0 spiro atoms. The SMILES string of the molecule is [O-][n+]1nc2ccnn2c2cc(C(F)(F)F)ccc21. The predicted molar refractivity (Wildman–Crippen MR) is 54.5 cm³/mol. The first kappa shape index (κ1) is 10.8. The van der Waals surface area contributed by atoms with Crippen LogP contribution >= 0.6 is 0 Å². The van der Waals surface area contributed by atoms with Gasteiger partial charge in [0, 0.05) is 17.2 Å². The Kier molecular flexibility index (Phi) is 1.98. The molecule has 0 atom stereocenters. The minimum atomic E-state index is -4.47. The lowest BCUT2D eigenvalue weighted by atomic mass is 10.2. The molecule has 92 valence electrons. The van der Waals surface area contributed by atoms with Crippen LogP contribution in [0.4, 0.5) is 13.2 Å². The van der Waals surface area contributed by atoms with Gasteiger partial charge in [0.1, 0.15) is 5.52 Å². The van der Waals surface area contributed by atoms with E-state index in [9.17, 15) is 18.4 Å². The highest BCUT2D eigenvalue weighted by Gasteiger charge is 2.31. The third-order valence-electron chi connectivity index (χ3n) is 2.55. The first-order chi connectivity index (χ1) is 8.47. The summed E-state index contributed by atoms with van der Waals surface area (Å²) in [5, 5.41) is 19.0. The third kappa shape index (κ3) is 1.45. The molecule has 0 saturated heterocycles. The van der Waals surface area contributed by atoms with Gasteiger partial charge in [0.15, 0.2) is 0 Å². The van der Waals surface area contributed by atoms with Crippen LogP contribution in [0.15, 0.2) is 30.5 Å². The van der Waals surface area contributed by atoms with Gasteiger partial charge in [0.2, 0.25) is 5.65 Å². The highest BCUT2D eigenvalue weighted by atomic mass is 19.4. The average Bonchev–Trinajstić information content (AvgIpc) is 2.75. The Labute approximate surface area is 97.6 Å². The summed E-state index contributed by atoms with van der Waals surface area (Å²) in [5.41, 5.74) is -0.552. The molecular formula is C10H5F3N4O. The Hall–Kier alpha value is -2.38. The van der Waals surface area contributed by atoms with Gasteiger partial charge >= 0.3 is 6.18 Å². The molecule has 8 heteroatoms. The smallest absolute Gasteiger partial charge is 0.416 e. The van der Waals surface area contributed by atoms with Crippen LogP contribution < -0.4 is 4.85 Å². The maximum absolute atomic E-state index is 12.6. The van der Waals surface area contributed by atoms with E-state index in [0.29, 0.717) is 0 Å². The number of benzene rings is 1. The van der Waals surface area contributed by atoms with E-state index in [1.54, 1.807) is 0 Å². The Morgan fingerprint density at radius 1 is 1.22 bits per heavy atom. The summed E-state index contributed by atoms with van der Waals surface area (Å²) in [4.78, 5) is 0.284. The molecule has 0 N–H and O–H groups in total. The molecule has 0 radical (unpaired) electrons. The van der Waals surface area contributed by atoms with E-state index in [-0.39, 0.29) is 21.5 Å². The zero-order valence-corrected chi connectivity index (χ0v) is 8.72. The van der Waals surface area contributed by atoms with E-state index >= 15 is 0 Å². The molecule has 0 amide bonds. The van der Waals surface area contributed by atoms with Crippen molar-refractivity contribution < 1.29 is 18.0 Å². The molecule has 18 heavy (non-hydrogen) atoms. The number of hydrogen-bond acceptors (Lipinski definition) is 3. The summed E-state index contributed by atoms with van der Waals surface area (Å²) < 4.78 is 39.0. The summed E-state index contributed by atoms with van der Waals surface area (Å²) >= 11 is 0. The van der Waals surface area contributed by atoms with Crippen LogP contribution in [-0.2, 0) is 6.18 Å². The average molecular weight is 254 g/mol. The second-order valence-corrected chi connectivity index (χ2v) is 3.68. The fourth-order valence-electron chi connectivity index (χ4n) is 1.74. The molecule has 0 saturated carbocycles. The highest BCUT2D eigenvalue weighted by Crippen LogP contribution is 2.30. The second-order valence-electron chi connectivity index (χ2n) is 3.68. The number of nitrogens with zero attached hydrogens (tertiary/aromatic N) is 4. The zero-order chi connectivity index (χ0) is 12.9. The summed E-state index contributed by atoms with van der Waals surface area (Å²) in [7, 11) is 0. The summed E-state index contributed by atoms with van der Waals surface area (Å²) in [6, 6.07) is 4.24. The molecule has 3 rings (SSSR count). The lowest BCUT2D eigenvalue weighted by molar-refractivity contribution is -0.640. The number of fused-ring (bicyclic) bond motifs is 3. The van der Waals surface area contributed by atoms with Crippen molar-refractivity contribution in [3.8, 4) is 0 Å². The number of aromatic nitrogens is 4. The molecule has 0 fully saturated rings. The lowest BCUT2D eigenvalue weighted by Crippen LogP contribution is -2.33. The van der Waals surface area contributed by atoms with Crippen molar-refractivity contribution in [3.63, 3.8) is 0 Å². The number of hydrogen-bond donors (Lipinski definition) is 0. The Morgan fingerprint density at radius 3 is 2.72 bits per heavy atom. The van der Waals surface area contributed by atoms with Gasteiger partial charge in [-0.3, -0.25) is 0 Å². The summed E-state index contributed by atoms with van der Waals surface area (Å²) in [6.45, 7) is 0. The molecule has 0 aliphatic heterocycles. The normalized spacial score (nSPS) is 12.4. The van der Waals surface area contributed by atoms with Crippen molar-refractivity contribution >= 4 is 16.7 Å². The van der Waals surface area contributed by atoms with Gasteiger partial charge in [-0.15, -0.1) is 0 Å². The van der Waals surface area contributed by atoms with Crippen LogP contribution in [0.2, 0.25) is 0 Å². The number of rotatable bonds is 0. The molecule has 2 heterocycles. The van der Waals surface area contributed by atoms with Crippen LogP contribution in [0, 0.1) is 5.21 Å². The van der Waals surface area contributed by atoms with Crippen LogP contribution in [0.3, 0.4) is 0 Å². The Morgan fingerprint density at radius 2 is 2.00 bits per heavy atom. The highest BCUT2D eigenvalue weighted by molar-refractivity contribution is 5.74. The number of alkyl halides is 3. The number of halogens is 3. The largest absolute Gasteiger partial charge is 0.594 e. The van der Waals surface area contributed by atoms with Crippen molar-refractivity contribution in [2.75, 3.05) is 0 Å². The Bertz CT molecular complexity index is 750. The monoisotopic (exact) mass is 254 g/mol. The van der Waals surface area contributed by atoms with Gasteiger partial charge < -0.3 is 5.21 Å². The predicted octanol–water partition coefficient (Wildman–Crippen LogP) is 1.53. The molecule has 3 aromatic rings. The minimum absolute atomic E-state index is 0.0270. The van der Waals surface area contributed by atoms with E-state index in [2.05, 4.69) is 10.2 Å². The minimum Gasteiger partial charge on any atom is -0.594 e. The van der Waals surface area contributed by atoms with Crippen molar-refractivity contribution in [2.45, 2.75) is 6.18 Å². The van der Waals surface area contributed by atoms with Gasteiger partial charge in [0.25, 0.3) is 5.52 Å². The molecule has 0 aliphatic rings. The van der Waals surface area contributed by atoms with Crippen LogP contribution in [0.5, 0.6) is 0 Å². The second kappa shape index (κ2) is 3.31.